The maximum Gasteiger partial charge on any atom is 0.336 e. The lowest BCUT2D eigenvalue weighted by Crippen LogP contribution is -2.27. The molecule has 0 unspecified atom stereocenters. The molecule has 2 aromatic rings. The molecular weight excluding hydrogens is 338 g/mol. The highest BCUT2D eigenvalue weighted by atomic mass is 35.5. The van der Waals surface area contributed by atoms with Crippen LogP contribution in [0.1, 0.15) is 21.5 Å². The summed E-state index contributed by atoms with van der Waals surface area (Å²) < 4.78 is 26.7. The second-order valence-corrected chi connectivity index (χ2v) is 7.58. The number of halogens is 1. The van der Waals surface area contributed by atoms with Crippen LogP contribution in [-0.4, -0.2) is 30.8 Å². The van der Waals surface area contributed by atoms with Crippen molar-refractivity contribution in [1.29, 1.82) is 0 Å². The average molecular weight is 354 g/mol. The van der Waals surface area contributed by atoms with Crippen LogP contribution in [0.25, 0.3) is 0 Å². The first kappa shape index (κ1) is 17.5. The standard InChI is InChI=1S/C16H16ClNO4S/c1-11-14(16(19)20)8-13(17)9-15(11)23(21,22)18(2)10-12-6-4-3-5-7-12/h3-9H,10H2,1-2H3,(H,19,20). The number of aromatic carboxylic acids is 1. The Labute approximate surface area is 140 Å². The Bertz CT molecular complexity index is 835. The minimum atomic E-state index is -3.86. The number of benzene rings is 2. The largest absolute Gasteiger partial charge is 0.478 e. The molecule has 0 saturated carbocycles. The van der Waals surface area contributed by atoms with Crippen molar-refractivity contribution in [2.24, 2.45) is 0 Å². The molecule has 0 fully saturated rings. The first-order valence-electron chi connectivity index (χ1n) is 6.77. The minimum absolute atomic E-state index is 0.0692. The second-order valence-electron chi connectivity index (χ2n) is 5.13. The Kier molecular flexibility index (Phi) is 5.09. The number of carboxylic acids is 1. The smallest absolute Gasteiger partial charge is 0.336 e. The van der Waals surface area contributed by atoms with Crippen molar-refractivity contribution >= 4 is 27.6 Å². The highest BCUT2D eigenvalue weighted by molar-refractivity contribution is 7.89. The van der Waals surface area contributed by atoms with Crippen molar-refractivity contribution < 1.29 is 18.3 Å². The second kappa shape index (κ2) is 6.70. The summed E-state index contributed by atoms with van der Waals surface area (Å²) >= 11 is 5.89. The molecule has 0 bridgehead atoms. The van der Waals surface area contributed by atoms with E-state index in [1.165, 1.54) is 30.4 Å². The topological polar surface area (TPSA) is 74.7 Å². The molecule has 0 amide bonds. The SMILES string of the molecule is Cc1c(C(=O)O)cc(Cl)cc1S(=O)(=O)N(C)Cc1ccccc1. The lowest BCUT2D eigenvalue weighted by atomic mass is 10.1. The van der Waals surface area contributed by atoms with Gasteiger partial charge in [0.1, 0.15) is 0 Å². The van der Waals surface area contributed by atoms with Crippen molar-refractivity contribution in [1.82, 2.24) is 4.31 Å². The molecule has 0 aliphatic rings. The first-order valence-corrected chi connectivity index (χ1v) is 8.59. The van der Waals surface area contributed by atoms with Crippen LogP contribution in [0.3, 0.4) is 0 Å². The predicted octanol–water partition coefficient (Wildman–Crippen LogP) is 3.17. The Balaban J connectivity index is 2.45. The number of carboxylic acid groups (broad SMARTS) is 1. The van der Waals surface area contributed by atoms with Crippen LogP contribution in [-0.2, 0) is 16.6 Å². The van der Waals surface area contributed by atoms with Gasteiger partial charge in [-0.1, -0.05) is 41.9 Å². The van der Waals surface area contributed by atoms with Crippen LogP contribution >= 0.6 is 11.6 Å². The summed E-state index contributed by atoms with van der Waals surface area (Å²) in [7, 11) is -2.41. The maximum atomic E-state index is 12.8. The molecule has 0 aliphatic carbocycles. The molecule has 0 radical (unpaired) electrons. The van der Waals surface area contributed by atoms with Gasteiger partial charge in [0.15, 0.2) is 0 Å². The van der Waals surface area contributed by atoms with E-state index in [-0.39, 0.29) is 27.6 Å². The predicted molar refractivity (Wildman–Crippen MR) is 88.2 cm³/mol. The van der Waals surface area contributed by atoms with Crippen LogP contribution < -0.4 is 0 Å². The van der Waals surface area contributed by atoms with Gasteiger partial charge >= 0.3 is 5.97 Å². The molecule has 0 spiro atoms. The zero-order chi connectivity index (χ0) is 17.2. The Morgan fingerprint density at radius 2 is 1.83 bits per heavy atom. The van der Waals surface area contributed by atoms with E-state index in [0.29, 0.717) is 0 Å². The number of rotatable bonds is 5. The normalized spacial score (nSPS) is 11.7. The Morgan fingerprint density at radius 1 is 1.22 bits per heavy atom. The summed E-state index contributed by atoms with van der Waals surface area (Å²) in [6.07, 6.45) is 0. The molecule has 1 N–H and O–H groups in total. The first-order chi connectivity index (χ1) is 10.7. The van der Waals surface area contributed by atoms with Crippen LogP contribution in [0.4, 0.5) is 0 Å². The Hall–Kier alpha value is -1.89. The summed E-state index contributed by atoms with van der Waals surface area (Å²) in [4.78, 5) is 11.2. The molecule has 0 atom stereocenters. The molecule has 0 aromatic heterocycles. The van der Waals surface area contributed by atoms with Gasteiger partial charge in [0.2, 0.25) is 10.0 Å². The van der Waals surface area contributed by atoms with E-state index < -0.39 is 16.0 Å². The molecule has 23 heavy (non-hydrogen) atoms. The highest BCUT2D eigenvalue weighted by Gasteiger charge is 2.26. The summed E-state index contributed by atoms with van der Waals surface area (Å²) in [6.45, 7) is 1.64. The van der Waals surface area contributed by atoms with E-state index in [2.05, 4.69) is 0 Å². The summed E-state index contributed by atoms with van der Waals surface area (Å²) in [5.41, 5.74) is 0.878. The fraction of sp³-hybridized carbons (Fsp3) is 0.188. The van der Waals surface area contributed by atoms with Crippen LogP contribution in [0.15, 0.2) is 47.4 Å². The molecule has 5 nitrogen and oxygen atoms in total. The zero-order valence-corrected chi connectivity index (χ0v) is 14.2. The van der Waals surface area contributed by atoms with E-state index in [1.807, 2.05) is 30.3 Å². The Morgan fingerprint density at radius 3 is 2.39 bits per heavy atom. The molecule has 122 valence electrons. The summed E-state index contributed by atoms with van der Waals surface area (Å²) in [5.74, 6) is -1.22. The van der Waals surface area contributed by atoms with E-state index in [4.69, 9.17) is 11.6 Å². The minimum Gasteiger partial charge on any atom is -0.478 e. The molecule has 7 heteroatoms. The van der Waals surface area contributed by atoms with Crippen molar-refractivity contribution in [3.63, 3.8) is 0 Å². The van der Waals surface area contributed by atoms with Gasteiger partial charge in [0, 0.05) is 18.6 Å². The van der Waals surface area contributed by atoms with Gasteiger partial charge in [0.05, 0.1) is 10.5 Å². The zero-order valence-electron chi connectivity index (χ0n) is 12.7. The van der Waals surface area contributed by atoms with Gasteiger partial charge in [-0.3, -0.25) is 0 Å². The lowest BCUT2D eigenvalue weighted by molar-refractivity contribution is 0.0696. The average Bonchev–Trinajstić information content (AvgIpc) is 2.49. The van der Waals surface area contributed by atoms with Crippen LogP contribution in [0.5, 0.6) is 0 Å². The monoisotopic (exact) mass is 353 g/mol. The maximum absolute atomic E-state index is 12.8. The number of hydrogen-bond acceptors (Lipinski definition) is 3. The lowest BCUT2D eigenvalue weighted by Gasteiger charge is -2.19. The highest BCUT2D eigenvalue weighted by Crippen LogP contribution is 2.27. The van der Waals surface area contributed by atoms with Crippen LogP contribution in [0, 0.1) is 6.92 Å². The summed E-state index contributed by atoms with van der Waals surface area (Å²) in [6, 6.07) is 11.7. The molecule has 2 rings (SSSR count). The number of carbonyl (C=O) groups is 1. The van der Waals surface area contributed by atoms with Crippen molar-refractivity contribution in [2.45, 2.75) is 18.4 Å². The third kappa shape index (κ3) is 3.72. The quantitative estimate of drug-likeness (QED) is 0.895. The van der Waals surface area contributed by atoms with Gasteiger partial charge in [-0.2, -0.15) is 4.31 Å². The van der Waals surface area contributed by atoms with E-state index >= 15 is 0 Å². The number of nitrogens with zero attached hydrogens (tertiary/aromatic N) is 1. The number of hydrogen-bond donors (Lipinski definition) is 1. The van der Waals surface area contributed by atoms with E-state index in [9.17, 15) is 18.3 Å². The fourth-order valence-corrected chi connectivity index (χ4v) is 3.95. The summed E-state index contributed by atoms with van der Waals surface area (Å²) in [5, 5.41) is 9.26. The van der Waals surface area contributed by atoms with Gasteiger partial charge in [-0.05, 0) is 30.2 Å². The third-order valence-electron chi connectivity index (χ3n) is 3.49. The third-order valence-corrected chi connectivity index (χ3v) is 5.64. The molecule has 0 saturated heterocycles. The van der Waals surface area contributed by atoms with Gasteiger partial charge in [-0.15, -0.1) is 0 Å². The molecule has 2 aromatic carbocycles. The number of sulfonamides is 1. The van der Waals surface area contributed by atoms with Gasteiger partial charge in [-0.25, -0.2) is 13.2 Å². The van der Waals surface area contributed by atoms with Gasteiger partial charge < -0.3 is 5.11 Å². The van der Waals surface area contributed by atoms with Crippen molar-refractivity contribution in [3.05, 3.63) is 64.2 Å². The van der Waals surface area contributed by atoms with Crippen molar-refractivity contribution in [3.8, 4) is 0 Å². The van der Waals surface area contributed by atoms with E-state index in [1.54, 1.807) is 0 Å². The fourth-order valence-electron chi connectivity index (χ4n) is 2.24. The molecular formula is C16H16ClNO4S. The van der Waals surface area contributed by atoms with Crippen LogP contribution in [0.2, 0.25) is 5.02 Å². The van der Waals surface area contributed by atoms with Gasteiger partial charge in [0.25, 0.3) is 0 Å². The molecule has 0 aliphatic heterocycles. The van der Waals surface area contributed by atoms with Crippen molar-refractivity contribution in [2.75, 3.05) is 7.05 Å². The molecule has 0 heterocycles. The van der Waals surface area contributed by atoms with E-state index in [0.717, 1.165) is 5.56 Å².